The second kappa shape index (κ2) is 6.63. The molecule has 0 bridgehead atoms. The molecule has 0 aliphatic heterocycles. The molecule has 0 spiro atoms. The van der Waals surface area contributed by atoms with Crippen molar-refractivity contribution in [2.75, 3.05) is 6.61 Å². The first-order valence-corrected chi connectivity index (χ1v) is 6.65. The third kappa shape index (κ3) is 3.30. The van der Waals surface area contributed by atoms with Crippen LogP contribution < -0.4 is 9.47 Å². The van der Waals surface area contributed by atoms with E-state index < -0.39 is 0 Å². The minimum Gasteiger partial charge on any atom is -0.490 e. The van der Waals surface area contributed by atoms with Crippen LogP contribution in [0.2, 0.25) is 0 Å². The fraction of sp³-hybridized carbons (Fsp3) is 0.235. The topological polar surface area (TPSA) is 42.2 Å². The molecule has 0 aliphatic carbocycles. The van der Waals surface area contributed by atoms with E-state index in [1.54, 1.807) is 6.07 Å². The summed E-state index contributed by atoms with van der Waals surface area (Å²) < 4.78 is 11.5. The van der Waals surface area contributed by atoms with Crippen LogP contribution in [0.3, 0.4) is 0 Å². The van der Waals surface area contributed by atoms with Crippen LogP contribution in [0.1, 0.15) is 24.5 Å². The summed E-state index contributed by atoms with van der Waals surface area (Å²) in [5.74, 6) is 1.88. The molecule has 2 aromatic rings. The monoisotopic (exact) mass is 267 g/mol. The fourth-order valence-corrected chi connectivity index (χ4v) is 1.79. The Kier molecular flexibility index (Phi) is 4.62. The van der Waals surface area contributed by atoms with E-state index in [0.717, 1.165) is 12.0 Å². The SMILES string of the molecule is CCCOc1ccccc1Oc1cc(C)ccc1C#N. The van der Waals surface area contributed by atoms with Gasteiger partial charge in [-0.15, -0.1) is 0 Å². The van der Waals surface area contributed by atoms with Crippen LogP contribution in [0.25, 0.3) is 0 Å². The third-order valence-corrected chi connectivity index (χ3v) is 2.79. The summed E-state index contributed by atoms with van der Waals surface area (Å²) in [4.78, 5) is 0. The summed E-state index contributed by atoms with van der Waals surface area (Å²) in [7, 11) is 0. The average Bonchev–Trinajstić information content (AvgIpc) is 2.47. The molecule has 0 aliphatic rings. The first-order valence-electron chi connectivity index (χ1n) is 6.65. The maximum absolute atomic E-state index is 9.14. The Morgan fingerprint density at radius 2 is 1.80 bits per heavy atom. The molecule has 0 unspecified atom stereocenters. The molecule has 0 saturated carbocycles. The summed E-state index contributed by atoms with van der Waals surface area (Å²) in [5, 5.41) is 9.14. The van der Waals surface area contributed by atoms with Gasteiger partial charge in [-0.05, 0) is 43.2 Å². The summed E-state index contributed by atoms with van der Waals surface area (Å²) in [6.07, 6.45) is 0.933. The van der Waals surface area contributed by atoms with Gasteiger partial charge in [0.25, 0.3) is 0 Å². The average molecular weight is 267 g/mol. The number of aryl methyl sites for hydroxylation is 1. The Labute approximate surface area is 119 Å². The lowest BCUT2D eigenvalue weighted by atomic mass is 10.1. The summed E-state index contributed by atoms with van der Waals surface area (Å²) in [6, 6.07) is 15.2. The largest absolute Gasteiger partial charge is 0.490 e. The first-order chi connectivity index (χ1) is 9.74. The fourth-order valence-electron chi connectivity index (χ4n) is 1.79. The van der Waals surface area contributed by atoms with Crippen LogP contribution in [-0.2, 0) is 0 Å². The third-order valence-electron chi connectivity index (χ3n) is 2.79. The molecule has 0 amide bonds. The molecule has 0 saturated heterocycles. The molecule has 0 atom stereocenters. The van der Waals surface area contributed by atoms with Crippen LogP contribution in [0.4, 0.5) is 0 Å². The number of rotatable bonds is 5. The van der Waals surface area contributed by atoms with Gasteiger partial charge < -0.3 is 9.47 Å². The van der Waals surface area contributed by atoms with Crippen molar-refractivity contribution in [2.24, 2.45) is 0 Å². The van der Waals surface area contributed by atoms with Gasteiger partial charge in [-0.25, -0.2) is 0 Å². The van der Waals surface area contributed by atoms with Crippen LogP contribution in [0.15, 0.2) is 42.5 Å². The number of benzene rings is 2. The van der Waals surface area contributed by atoms with Gasteiger partial charge in [0, 0.05) is 0 Å². The molecule has 2 aromatic carbocycles. The normalized spacial score (nSPS) is 9.85. The zero-order valence-electron chi connectivity index (χ0n) is 11.7. The number of hydrogen-bond donors (Lipinski definition) is 0. The van der Waals surface area contributed by atoms with Gasteiger partial charge in [0.1, 0.15) is 11.8 Å². The Morgan fingerprint density at radius 1 is 1.05 bits per heavy atom. The van der Waals surface area contributed by atoms with E-state index in [1.807, 2.05) is 43.3 Å². The second-order valence-electron chi connectivity index (χ2n) is 4.51. The van der Waals surface area contributed by atoms with E-state index in [2.05, 4.69) is 13.0 Å². The molecular formula is C17H17NO2. The molecule has 0 heterocycles. The van der Waals surface area contributed by atoms with Crippen molar-refractivity contribution >= 4 is 0 Å². The second-order valence-corrected chi connectivity index (χ2v) is 4.51. The molecule has 3 nitrogen and oxygen atoms in total. The Hall–Kier alpha value is -2.47. The van der Waals surface area contributed by atoms with Crippen molar-refractivity contribution < 1.29 is 9.47 Å². The maximum Gasteiger partial charge on any atom is 0.169 e. The van der Waals surface area contributed by atoms with Gasteiger partial charge in [-0.1, -0.05) is 25.1 Å². The van der Waals surface area contributed by atoms with E-state index in [9.17, 15) is 0 Å². The van der Waals surface area contributed by atoms with Crippen molar-refractivity contribution in [1.29, 1.82) is 5.26 Å². The van der Waals surface area contributed by atoms with E-state index in [4.69, 9.17) is 14.7 Å². The van der Waals surface area contributed by atoms with Crippen molar-refractivity contribution in [3.05, 3.63) is 53.6 Å². The highest BCUT2D eigenvalue weighted by Gasteiger charge is 2.09. The zero-order valence-corrected chi connectivity index (χ0v) is 11.7. The van der Waals surface area contributed by atoms with Crippen molar-refractivity contribution in [1.82, 2.24) is 0 Å². The molecular weight excluding hydrogens is 250 g/mol. The van der Waals surface area contributed by atoms with E-state index in [0.29, 0.717) is 29.4 Å². The van der Waals surface area contributed by atoms with Crippen LogP contribution in [0.5, 0.6) is 17.2 Å². The van der Waals surface area contributed by atoms with Crippen LogP contribution >= 0.6 is 0 Å². The maximum atomic E-state index is 9.14. The summed E-state index contributed by atoms with van der Waals surface area (Å²) >= 11 is 0. The van der Waals surface area contributed by atoms with Gasteiger partial charge in [0.15, 0.2) is 11.5 Å². The van der Waals surface area contributed by atoms with Gasteiger partial charge >= 0.3 is 0 Å². The van der Waals surface area contributed by atoms with Gasteiger partial charge in [0.2, 0.25) is 0 Å². The smallest absolute Gasteiger partial charge is 0.169 e. The van der Waals surface area contributed by atoms with Gasteiger partial charge in [-0.3, -0.25) is 0 Å². The minimum absolute atomic E-state index is 0.515. The number of nitriles is 1. The molecule has 0 aromatic heterocycles. The Morgan fingerprint density at radius 3 is 2.50 bits per heavy atom. The van der Waals surface area contributed by atoms with Crippen molar-refractivity contribution in [2.45, 2.75) is 20.3 Å². The van der Waals surface area contributed by atoms with E-state index in [1.165, 1.54) is 0 Å². The highest BCUT2D eigenvalue weighted by atomic mass is 16.5. The van der Waals surface area contributed by atoms with Gasteiger partial charge in [0.05, 0.1) is 12.2 Å². The molecule has 3 heteroatoms. The quantitative estimate of drug-likeness (QED) is 0.803. The lowest BCUT2D eigenvalue weighted by molar-refractivity contribution is 0.302. The van der Waals surface area contributed by atoms with Crippen LogP contribution in [0, 0.1) is 18.3 Å². The van der Waals surface area contributed by atoms with Gasteiger partial charge in [-0.2, -0.15) is 5.26 Å². The van der Waals surface area contributed by atoms with E-state index in [-0.39, 0.29) is 0 Å². The predicted molar refractivity (Wildman–Crippen MR) is 78.2 cm³/mol. The highest BCUT2D eigenvalue weighted by molar-refractivity contribution is 5.49. The van der Waals surface area contributed by atoms with Crippen molar-refractivity contribution in [3.8, 4) is 23.3 Å². The molecule has 0 fully saturated rings. The lowest BCUT2D eigenvalue weighted by Gasteiger charge is -2.13. The Bertz CT molecular complexity index is 629. The first kappa shape index (κ1) is 14.0. The molecule has 0 radical (unpaired) electrons. The number of hydrogen-bond acceptors (Lipinski definition) is 3. The molecule has 2 rings (SSSR count). The zero-order chi connectivity index (χ0) is 14.4. The number of para-hydroxylation sites is 2. The lowest BCUT2D eigenvalue weighted by Crippen LogP contribution is -1.98. The molecule has 20 heavy (non-hydrogen) atoms. The molecule has 102 valence electrons. The van der Waals surface area contributed by atoms with E-state index >= 15 is 0 Å². The molecule has 0 N–H and O–H groups in total. The highest BCUT2D eigenvalue weighted by Crippen LogP contribution is 2.33. The number of nitrogens with zero attached hydrogens (tertiary/aromatic N) is 1. The minimum atomic E-state index is 0.515. The van der Waals surface area contributed by atoms with Crippen molar-refractivity contribution in [3.63, 3.8) is 0 Å². The summed E-state index contributed by atoms with van der Waals surface area (Å²) in [6.45, 7) is 4.66. The number of ether oxygens (including phenoxy) is 2. The standard InChI is InChI=1S/C17H17NO2/c1-3-10-19-15-6-4-5-7-16(15)20-17-11-13(2)8-9-14(17)12-18/h4-9,11H,3,10H2,1-2H3. The Balaban J connectivity index is 2.30. The predicted octanol–water partition coefficient (Wildman–Crippen LogP) is 4.45. The summed E-state index contributed by atoms with van der Waals surface area (Å²) in [5.41, 5.74) is 1.56. The van der Waals surface area contributed by atoms with Crippen LogP contribution in [-0.4, -0.2) is 6.61 Å².